The number of halogens is 4. The van der Waals surface area contributed by atoms with Gasteiger partial charge in [0.25, 0.3) is 0 Å². The smallest absolute Gasteiger partial charge is 0.309 e. The third-order valence-corrected chi connectivity index (χ3v) is 9.09. The SMILES string of the molecule is Cl.Cn1c(SCCCN2CCC3(CC3c3ccc(C(F)(F)F)cc3)C2)nnc1C1CCCCC1. The van der Waals surface area contributed by atoms with Gasteiger partial charge in [-0.2, -0.15) is 13.2 Å². The van der Waals surface area contributed by atoms with Crippen LogP contribution in [0.4, 0.5) is 13.2 Å². The summed E-state index contributed by atoms with van der Waals surface area (Å²) in [6.45, 7) is 3.23. The number of aromatic nitrogens is 3. The molecule has 0 N–H and O–H groups in total. The zero-order valence-electron chi connectivity index (χ0n) is 19.7. The van der Waals surface area contributed by atoms with Crippen molar-refractivity contribution in [1.29, 1.82) is 0 Å². The van der Waals surface area contributed by atoms with Crippen LogP contribution >= 0.6 is 24.2 Å². The highest BCUT2D eigenvalue weighted by molar-refractivity contribution is 7.99. The first kappa shape index (κ1) is 25.8. The highest BCUT2D eigenvalue weighted by Gasteiger charge is 2.57. The Bertz CT molecular complexity index is 958. The number of thioether (sulfide) groups is 1. The molecule has 34 heavy (non-hydrogen) atoms. The molecular weight excluding hydrogens is 481 g/mol. The van der Waals surface area contributed by atoms with Crippen molar-refractivity contribution in [1.82, 2.24) is 19.7 Å². The van der Waals surface area contributed by atoms with E-state index in [1.165, 1.54) is 44.2 Å². The molecule has 3 aliphatic rings. The maximum atomic E-state index is 12.8. The van der Waals surface area contributed by atoms with Crippen LogP contribution in [0.25, 0.3) is 0 Å². The van der Waals surface area contributed by atoms with Gasteiger partial charge in [-0.05, 0) is 74.2 Å². The van der Waals surface area contributed by atoms with Crippen molar-refractivity contribution < 1.29 is 13.2 Å². The van der Waals surface area contributed by atoms with Gasteiger partial charge in [0.1, 0.15) is 5.82 Å². The van der Waals surface area contributed by atoms with E-state index < -0.39 is 11.7 Å². The van der Waals surface area contributed by atoms with Gasteiger partial charge in [-0.15, -0.1) is 22.6 Å². The predicted octanol–water partition coefficient (Wildman–Crippen LogP) is 6.67. The molecule has 1 aliphatic heterocycles. The first-order chi connectivity index (χ1) is 15.9. The summed E-state index contributed by atoms with van der Waals surface area (Å²) in [4.78, 5) is 2.54. The summed E-state index contributed by atoms with van der Waals surface area (Å²) in [7, 11) is 2.10. The van der Waals surface area contributed by atoms with E-state index in [4.69, 9.17) is 0 Å². The van der Waals surface area contributed by atoms with E-state index in [0.717, 1.165) is 61.2 Å². The monoisotopic (exact) mass is 514 g/mol. The molecule has 1 aromatic heterocycles. The minimum Gasteiger partial charge on any atom is -0.309 e. The maximum absolute atomic E-state index is 12.8. The molecule has 9 heteroatoms. The molecule has 188 valence electrons. The second kappa shape index (κ2) is 10.4. The normalized spacial score (nSPS) is 25.6. The molecule has 1 aromatic carbocycles. The van der Waals surface area contributed by atoms with Gasteiger partial charge in [-0.25, -0.2) is 0 Å². The van der Waals surface area contributed by atoms with Crippen molar-refractivity contribution in [3.8, 4) is 0 Å². The van der Waals surface area contributed by atoms with Crippen molar-refractivity contribution in [3.05, 3.63) is 41.2 Å². The standard InChI is InChI=1S/C25H33F3N4S.ClH/c1-31-22(19-6-3-2-4-7-19)29-30-23(31)33-15-5-13-32-14-12-24(17-32)16-21(24)18-8-10-20(11-9-18)25(26,27)28;/h8-11,19,21H,2-7,12-17H2,1H3;1H. The summed E-state index contributed by atoms with van der Waals surface area (Å²) >= 11 is 1.80. The Morgan fingerprint density at radius 3 is 2.53 bits per heavy atom. The Morgan fingerprint density at radius 1 is 1.09 bits per heavy atom. The average molecular weight is 515 g/mol. The Labute approximate surface area is 210 Å². The highest BCUT2D eigenvalue weighted by atomic mass is 35.5. The summed E-state index contributed by atoms with van der Waals surface area (Å²) in [5.74, 6) is 3.17. The molecule has 0 bridgehead atoms. The lowest BCUT2D eigenvalue weighted by molar-refractivity contribution is -0.137. The summed E-state index contributed by atoms with van der Waals surface area (Å²) in [5, 5.41) is 9.97. The molecule has 2 saturated carbocycles. The van der Waals surface area contributed by atoms with Crippen molar-refractivity contribution in [2.75, 3.05) is 25.4 Å². The molecule has 5 rings (SSSR count). The number of alkyl halides is 3. The van der Waals surface area contributed by atoms with Gasteiger partial charge in [-0.1, -0.05) is 43.2 Å². The molecule has 0 amide bonds. The fourth-order valence-corrected chi connectivity index (χ4v) is 6.81. The first-order valence-electron chi connectivity index (χ1n) is 12.3. The fraction of sp³-hybridized carbons (Fsp3) is 0.680. The minimum absolute atomic E-state index is 0. The molecule has 1 spiro atoms. The van der Waals surface area contributed by atoms with E-state index >= 15 is 0 Å². The summed E-state index contributed by atoms with van der Waals surface area (Å²) in [5.41, 5.74) is 0.794. The van der Waals surface area contributed by atoms with Crippen molar-refractivity contribution in [2.45, 2.75) is 74.5 Å². The van der Waals surface area contributed by atoms with Crippen LogP contribution in [0.5, 0.6) is 0 Å². The van der Waals surface area contributed by atoms with E-state index in [0.29, 0.717) is 11.8 Å². The van der Waals surface area contributed by atoms with Crippen molar-refractivity contribution in [3.63, 3.8) is 0 Å². The fourth-order valence-electron chi connectivity index (χ4n) is 5.97. The van der Waals surface area contributed by atoms with Gasteiger partial charge in [-0.3, -0.25) is 0 Å². The Morgan fingerprint density at radius 2 is 1.82 bits per heavy atom. The second-order valence-corrected chi connectivity index (χ2v) is 11.3. The second-order valence-electron chi connectivity index (χ2n) is 10.2. The lowest BCUT2D eigenvalue weighted by Crippen LogP contribution is -2.23. The molecular formula is C25H34ClF3N4S. The van der Waals surface area contributed by atoms with E-state index in [-0.39, 0.29) is 17.8 Å². The van der Waals surface area contributed by atoms with E-state index in [1.807, 2.05) is 0 Å². The van der Waals surface area contributed by atoms with Gasteiger partial charge in [0, 0.05) is 25.3 Å². The van der Waals surface area contributed by atoms with Crippen LogP contribution in [-0.2, 0) is 13.2 Å². The predicted molar refractivity (Wildman–Crippen MR) is 132 cm³/mol. The Hall–Kier alpha value is -1.25. The van der Waals surface area contributed by atoms with Gasteiger partial charge in [0.15, 0.2) is 5.16 Å². The topological polar surface area (TPSA) is 34.0 Å². The van der Waals surface area contributed by atoms with Crippen LogP contribution in [-0.4, -0.2) is 45.1 Å². The molecule has 2 heterocycles. The number of hydrogen-bond donors (Lipinski definition) is 0. The molecule has 0 radical (unpaired) electrons. The molecule has 3 fully saturated rings. The molecule has 2 unspecified atom stereocenters. The molecule has 4 nitrogen and oxygen atoms in total. The summed E-state index contributed by atoms with van der Waals surface area (Å²) in [6, 6.07) is 5.84. The molecule has 2 atom stereocenters. The number of likely N-dealkylation sites (tertiary alicyclic amines) is 1. The third-order valence-electron chi connectivity index (χ3n) is 7.98. The number of hydrogen-bond acceptors (Lipinski definition) is 4. The molecule has 1 saturated heterocycles. The van der Waals surface area contributed by atoms with Gasteiger partial charge in [0.2, 0.25) is 0 Å². The van der Waals surface area contributed by atoms with Gasteiger partial charge < -0.3 is 9.47 Å². The quantitative estimate of drug-likeness (QED) is 0.305. The summed E-state index contributed by atoms with van der Waals surface area (Å²) < 4.78 is 40.7. The van der Waals surface area contributed by atoms with Crippen LogP contribution in [0.3, 0.4) is 0 Å². The lowest BCUT2D eigenvalue weighted by atomic mass is 9.89. The van der Waals surface area contributed by atoms with E-state index in [9.17, 15) is 13.2 Å². The largest absolute Gasteiger partial charge is 0.416 e. The van der Waals surface area contributed by atoms with Crippen LogP contribution in [0.1, 0.15) is 80.2 Å². The number of rotatable bonds is 7. The average Bonchev–Trinajstić information content (AvgIpc) is 3.15. The number of nitrogens with zero attached hydrogens (tertiary/aromatic N) is 4. The maximum Gasteiger partial charge on any atom is 0.416 e. The van der Waals surface area contributed by atoms with Gasteiger partial charge >= 0.3 is 6.18 Å². The first-order valence-corrected chi connectivity index (χ1v) is 13.3. The van der Waals surface area contributed by atoms with E-state index in [2.05, 4.69) is 26.7 Å². The Balaban J connectivity index is 0.00000274. The lowest BCUT2D eigenvalue weighted by Gasteiger charge is -2.20. The van der Waals surface area contributed by atoms with Crippen LogP contribution in [0.2, 0.25) is 0 Å². The molecule has 2 aliphatic carbocycles. The zero-order chi connectivity index (χ0) is 23.1. The van der Waals surface area contributed by atoms with E-state index in [1.54, 1.807) is 23.9 Å². The van der Waals surface area contributed by atoms with Crippen LogP contribution in [0, 0.1) is 5.41 Å². The minimum atomic E-state index is -4.26. The van der Waals surface area contributed by atoms with Gasteiger partial charge in [0.05, 0.1) is 5.56 Å². The Kier molecular flexibility index (Phi) is 7.89. The summed E-state index contributed by atoms with van der Waals surface area (Å²) in [6.07, 6.45) is 5.53. The third kappa shape index (κ3) is 5.44. The van der Waals surface area contributed by atoms with Crippen LogP contribution < -0.4 is 0 Å². The number of benzene rings is 1. The van der Waals surface area contributed by atoms with Crippen molar-refractivity contribution >= 4 is 24.2 Å². The zero-order valence-corrected chi connectivity index (χ0v) is 21.3. The van der Waals surface area contributed by atoms with Crippen LogP contribution in [0.15, 0.2) is 29.4 Å². The highest BCUT2D eigenvalue weighted by Crippen LogP contribution is 2.64. The molecule has 2 aromatic rings. The van der Waals surface area contributed by atoms with Crippen molar-refractivity contribution in [2.24, 2.45) is 12.5 Å².